The number of nitrogens with two attached hydrogens (primary N) is 1. The monoisotopic (exact) mass is 242 g/mol. The van der Waals surface area contributed by atoms with Crippen molar-refractivity contribution in [1.82, 2.24) is 4.98 Å². The summed E-state index contributed by atoms with van der Waals surface area (Å²) in [5.74, 6) is 0. The van der Waals surface area contributed by atoms with E-state index in [9.17, 15) is 0 Å². The van der Waals surface area contributed by atoms with E-state index in [2.05, 4.69) is 24.2 Å². The third-order valence-electron chi connectivity index (χ3n) is 2.30. The first kappa shape index (κ1) is 13.6. The van der Waals surface area contributed by atoms with Crippen molar-refractivity contribution >= 4 is 11.3 Å². The number of nitrogens with zero attached hydrogens (tertiary/aromatic N) is 1. The Morgan fingerprint density at radius 1 is 1.44 bits per heavy atom. The van der Waals surface area contributed by atoms with Gasteiger partial charge in [-0.1, -0.05) is 20.3 Å². The van der Waals surface area contributed by atoms with Crippen molar-refractivity contribution < 1.29 is 4.74 Å². The molecule has 16 heavy (non-hydrogen) atoms. The molecule has 0 bridgehead atoms. The molecule has 0 aliphatic heterocycles. The molecule has 1 unspecified atom stereocenters. The lowest BCUT2D eigenvalue weighted by molar-refractivity contribution is 0.121. The van der Waals surface area contributed by atoms with Gasteiger partial charge in [0.15, 0.2) is 0 Å². The molecule has 0 saturated heterocycles. The average Bonchev–Trinajstić information content (AvgIpc) is 2.66. The fraction of sp³-hybridized carbons (Fsp3) is 0.750. The summed E-state index contributed by atoms with van der Waals surface area (Å²) in [4.78, 5) is 4.52. The molecule has 0 radical (unpaired) electrons. The van der Waals surface area contributed by atoms with E-state index in [1.54, 1.807) is 11.3 Å². The summed E-state index contributed by atoms with van der Waals surface area (Å²) in [5.41, 5.74) is 7.09. The first-order valence-corrected chi connectivity index (χ1v) is 6.90. The van der Waals surface area contributed by atoms with Gasteiger partial charge in [0.2, 0.25) is 0 Å². The Bertz CT molecular complexity index is 288. The summed E-state index contributed by atoms with van der Waals surface area (Å²) in [7, 11) is 0. The fourth-order valence-corrected chi connectivity index (χ4v) is 2.30. The zero-order chi connectivity index (χ0) is 11.8. The Morgan fingerprint density at radius 3 is 2.94 bits per heavy atom. The predicted octanol–water partition coefficient (Wildman–Crippen LogP) is 2.74. The largest absolute Gasteiger partial charge is 0.374 e. The smallest absolute Gasteiger partial charge is 0.119 e. The maximum atomic E-state index is 5.98. The van der Waals surface area contributed by atoms with Crippen LogP contribution in [0.25, 0.3) is 0 Å². The first-order valence-electron chi connectivity index (χ1n) is 6.02. The molecule has 1 rings (SSSR count). The summed E-state index contributed by atoms with van der Waals surface area (Å²) in [6, 6.07) is 0.247. The van der Waals surface area contributed by atoms with Crippen LogP contribution in [-0.2, 0) is 17.8 Å². The third-order valence-corrected chi connectivity index (χ3v) is 3.18. The molecule has 0 aliphatic rings. The summed E-state index contributed by atoms with van der Waals surface area (Å²) in [6.07, 6.45) is 4.15. The van der Waals surface area contributed by atoms with Gasteiger partial charge in [0.25, 0.3) is 0 Å². The van der Waals surface area contributed by atoms with Gasteiger partial charge in [-0.25, -0.2) is 4.98 Å². The van der Waals surface area contributed by atoms with Crippen LogP contribution in [0, 0.1) is 0 Å². The van der Waals surface area contributed by atoms with Gasteiger partial charge in [-0.3, -0.25) is 0 Å². The van der Waals surface area contributed by atoms with E-state index >= 15 is 0 Å². The normalized spacial score (nSPS) is 12.9. The maximum absolute atomic E-state index is 5.98. The van der Waals surface area contributed by atoms with E-state index in [4.69, 9.17) is 10.5 Å². The number of hydrogen-bond donors (Lipinski definition) is 1. The summed E-state index contributed by atoms with van der Waals surface area (Å²) in [6.45, 7) is 5.72. The van der Waals surface area contributed by atoms with Crippen molar-refractivity contribution in [3.63, 3.8) is 0 Å². The second kappa shape index (κ2) is 7.76. The number of aromatic nitrogens is 1. The lowest BCUT2D eigenvalue weighted by Gasteiger charge is -2.07. The van der Waals surface area contributed by atoms with Crippen LogP contribution in [0.3, 0.4) is 0 Å². The topological polar surface area (TPSA) is 48.1 Å². The molecule has 0 amide bonds. The minimum atomic E-state index is 0.247. The molecule has 1 atom stereocenters. The molecule has 0 aliphatic carbocycles. The highest BCUT2D eigenvalue weighted by molar-refractivity contribution is 7.09. The van der Waals surface area contributed by atoms with Gasteiger partial charge in [0, 0.05) is 24.4 Å². The molecule has 4 heteroatoms. The second-order valence-electron chi connectivity index (χ2n) is 4.04. The Labute approximate surface area is 102 Å². The Hall–Kier alpha value is -0.450. The predicted molar refractivity (Wildman–Crippen MR) is 68.6 cm³/mol. The van der Waals surface area contributed by atoms with Crippen LogP contribution in [0.5, 0.6) is 0 Å². The van der Waals surface area contributed by atoms with Crippen LogP contribution in [-0.4, -0.2) is 17.6 Å². The third kappa shape index (κ3) is 5.05. The van der Waals surface area contributed by atoms with Crippen LogP contribution in [0.15, 0.2) is 5.38 Å². The standard InChI is InChI=1S/C12H22N2OS/c1-3-5-10(13)7-11-9-16-12(14-11)8-15-6-4-2/h9-10H,3-8,13H2,1-2H3. The summed E-state index contributed by atoms with van der Waals surface area (Å²) in [5, 5.41) is 3.16. The zero-order valence-corrected chi connectivity index (χ0v) is 11.1. The van der Waals surface area contributed by atoms with E-state index in [1.165, 1.54) is 0 Å². The molecule has 0 saturated carbocycles. The van der Waals surface area contributed by atoms with E-state index in [0.29, 0.717) is 6.61 Å². The fourth-order valence-electron chi connectivity index (χ4n) is 1.55. The highest BCUT2D eigenvalue weighted by Crippen LogP contribution is 2.13. The quantitative estimate of drug-likeness (QED) is 0.713. The van der Waals surface area contributed by atoms with Gasteiger partial charge in [-0.15, -0.1) is 11.3 Å². The SMILES string of the molecule is CCCOCc1nc(CC(N)CCC)cs1. The molecule has 0 spiro atoms. The molecular weight excluding hydrogens is 220 g/mol. The number of thiazole rings is 1. The highest BCUT2D eigenvalue weighted by Gasteiger charge is 2.07. The highest BCUT2D eigenvalue weighted by atomic mass is 32.1. The van der Waals surface area contributed by atoms with Gasteiger partial charge in [0.05, 0.1) is 12.3 Å². The molecule has 1 aromatic heterocycles. The summed E-state index contributed by atoms with van der Waals surface area (Å²) >= 11 is 1.67. The van der Waals surface area contributed by atoms with Crippen molar-refractivity contribution in [2.24, 2.45) is 5.73 Å². The molecule has 3 nitrogen and oxygen atoms in total. The molecule has 1 aromatic rings. The van der Waals surface area contributed by atoms with E-state index in [-0.39, 0.29) is 6.04 Å². The van der Waals surface area contributed by atoms with E-state index < -0.39 is 0 Å². The van der Waals surface area contributed by atoms with Crippen LogP contribution in [0.4, 0.5) is 0 Å². The number of rotatable bonds is 8. The Balaban J connectivity index is 2.33. The van der Waals surface area contributed by atoms with Crippen molar-refractivity contribution in [3.8, 4) is 0 Å². The Morgan fingerprint density at radius 2 is 2.25 bits per heavy atom. The first-order chi connectivity index (χ1) is 7.76. The van der Waals surface area contributed by atoms with Crippen molar-refractivity contribution in [2.75, 3.05) is 6.61 Å². The van der Waals surface area contributed by atoms with Crippen LogP contribution >= 0.6 is 11.3 Å². The Kier molecular flexibility index (Phi) is 6.61. The molecular formula is C12H22N2OS. The summed E-state index contributed by atoms with van der Waals surface area (Å²) < 4.78 is 5.45. The lowest BCUT2D eigenvalue weighted by atomic mass is 10.1. The second-order valence-corrected chi connectivity index (χ2v) is 4.98. The van der Waals surface area contributed by atoms with Crippen LogP contribution < -0.4 is 5.73 Å². The van der Waals surface area contributed by atoms with Gasteiger partial charge in [0.1, 0.15) is 5.01 Å². The lowest BCUT2D eigenvalue weighted by Crippen LogP contribution is -2.22. The van der Waals surface area contributed by atoms with Crippen molar-refractivity contribution in [1.29, 1.82) is 0 Å². The molecule has 2 N–H and O–H groups in total. The molecule has 0 aromatic carbocycles. The minimum absolute atomic E-state index is 0.247. The minimum Gasteiger partial charge on any atom is -0.374 e. The average molecular weight is 242 g/mol. The zero-order valence-electron chi connectivity index (χ0n) is 10.2. The van der Waals surface area contributed by atoms with Crippen molar-refractivity contribution in [2.45, 2.75) is 52.2 Å². The van der Waals surface area contributed by atoms with E-state index in [0.717, 1.165) is 43.0 Å². The molecule has 1 heterocycles. The number of hydrogen-bond acceptors (Lipinski definition) is 4. The molecule has 0 fully saturated rings. The van der Waals surface area contributed by atoms with Crippen molar-refractivity contribution in [3.05, 3.63) is 16.1 Å². The molecule has 92 valence electrons. The van der Waals surface area contributed by atoms with E-state index in [1.807, 2.05) is 0 Å². The number of ether oxygens (including phenoxy) is 1. The van der Waals surface area contributed by atoms with Gasteiger partial charge >= 0.3 is 0 Å². The van der Waals surface area contributed by atoms with Gasteiger partial charge in [-0.2, -0.15) is 0 Å². The van der Waals surface area contributed by atoms with Gasteiger partial charge < -0.3 is 10.5 Å². The van der Waals surface area contributed by atoms with Crippen LogP contribution in [0.2, 0.25) is 0 Å². The van der Waals surface area contributed by atoms with Crippen LogP contribution in [0.1, 0.15) is 43.8 Å². The van der Waals surface area contributed by atoms with Gasteiger partial charge in [-0.05, 0) is 12.8 Å². The maximum Gasteiger partial charge on any atom is 0.119 e.